The molecule has 2 heterocycles. The zero-order chi connectivity index (χ0) is 20.8. The zero-order valence-electron chi connectivity index (χ0n) is 17.9. The summed E-state index contributed by atoms with van der Waals surface area (Å²) in [7, 11) is 0. The first kappa shape index (κ1) is 23.2. The third-order valence-electron chi connectivity index (χ3n) is 5.70. The van der Waals surface area contributed by atoms with E-state index in [2.05, 4.69) is 23.1 Å². The van der Waals surface area contributed by atoms with E-state index in [9.17, 15) is 4.79 Å². The quantitative estimate of drug-likeness (QED) is 0.613. The van der Waals surface area contributed by atoms with Crippen LogP contribution in [-0.4, -0.2) is 43.9 Å². The standard InChI is InChI=1S/C25H29NO4.ClH/c1-2-28-25(27)19-9-7-15-26(17-19)16-8-12-20-21-10-3-5-13-23(21)29-18-30-24-14-6-4-11-22(20)24;/h3-6,10-14,19H,2,7-9,15-18H2,1H3;1H/t19-;/m1./s1. The van der Waals surface area contributed by atoms with Crippen molar-refractivity contribution in [2.24, 2.45) is 5.92 Å². The summed E-state index contributed by atoms with van der Waals surface area (Å²) in [6, 6.07) is 16.2. The number of carbonyl (C=O) groups is 1. The smallest absolute Gasteiger partial charge is 0.310 e. The van der Waals surface area contributed by atoms with E-state index < -0.39 is 0 Å². The van der Waals surface area contributed by atoms with Gasteiger partial charge in [0.25, 0.3) is 0 Å². The Kier molecular flexibility index (Phi) is 8.38. The lowest BCUT2D eigenvalue weighted by Gasteiger charge is -2.31. The van der Waals surface area contributed by atoms with Gasteiger partial charge >= 0.3 is 5.97 Å². The molecule has 6 heteroatoms. The van der Waals surface area contributed by atoms with Gasteiger partial charge in [0.15, 0.2) is 0 Å². The van der Waals surface area contributed by atoms with Crippen molar-refractivity contribution in [1.29, 1.82) is 0 Å². The predicted molar refractivity (Wildman–Crippen MR) is 124 cm³/mol. The van der Waals surface area contributed by atoms with Crippen LogP contribution in [0.1, 0.15) is 37.3 Å². The van der Waals surface area contributed by atoms with Crippen LogP contribution in [-0.2, 0) is 9.53 Å². The van der Waals surface area contributed by atoms with Crippen LogP contribution >= 0.6 is 12.4 Å². The average molecular weight is 444 g/mol. The maximum Gasteiger partial charge on any atom is 0.310 e. The average Bonchev–Trinajstić information content (AvgIpc) is 2.77. The van der Waals surface area contributed by atoms with Crippen molar-refractivity contribution >= 4 is 23.9 Å². The first-order valence-corrected chi connectivity index (χ1v) is 10.8. The van der Waals surface area contributed by atoms with Crippen molar-refractivity contribution in [2.75, 3.05) is 33.0 Å². The molecule has 0 N–H and O–H groups in total. The Labute approximate surface area is 190 Å². The third kappa shape index (κ3) is 5.60. The van der Waals surface area contributed by atoms with Crippen molar-refractivity contribution < 1.29 is 19.0 Å². The summed E-state index contributed by atoms with van der Waals surface area (Å²) in [6.07, 6.45) is 5.11. The van der Waals surface area contributed by atoms with Gasteiger partial charge in [-0.2, -0.15) is 0 Å². The first-order chi connectivity index (χ1) is 14.8. The van der Waals surface area contributed by atoms with Crippen molar-refractivity contribution in [2.45, 2.75) is 26.2 Å². The SMILES string of the molecule is CCOC(=O)[C@@H]1CCCN(CCC=C2c3ccccc3OCOc3ccccc32)C1.Cl. The Bertz CT molecular complexity index is 864. The van der Waals surface area contributed by atoms with Gasteiger partial charge in [0.05, 0.1) is 12.5 Å². The number of esters is 1. The molecule has 0 unspecified atom stereocenters. The Balaban J connectivity index is 0.00000272. The van der Waals surface area contributed by atoms with E-state index in [1.807, 2.05) is 43.3 Å². The molecule has 0 spiro atoms. The topological polar surface area (TPSA) is 48.0 Å². The molecule has 31 heavy (non-hydrogen) atoms. The van der Waals surface area contributed by atoms with Crippen LogP contribution in [0, 0.1) is 5.92 Å². The molecule has 5 nitrogen and oxygen atoms in total. The third-order valence-corrected chi connectivity index (χ3v) is 5.70. The van der Waals surface area contributed by atoms with Gasteiger partial charge in [-0.3, -0.25) is 4.79 Å². The van der Waals surface area contributed by atoms with Gasteiger partial charge in [0.2, 0.25) is 6.79 Å². The van der Waals surface area contributed by atoms with Gasteiger partial charge in [-0.15, -0.1) is 12.4 Å². The minimum Gasteiger partial charge on any atom is -0.466 e. The fourth-order valence-corrected chi connectivity index (χ4v) is 4.25. The van der Waals surface area contributed by atoms with E-state index in [4.69, 9.17) is 14.2 Å². The van der Waals surface area contributed by atoms with Crippen LogP contribution in [0.25, 0.3) is 5.57 Å². The summed E-state index contributed by atoms with van der Waals surface area (Å²) in [5.74, 6) is 1.60. The Morgan fingerprint density at radius 2 is 1.74 bits per heavy atom. The second-order valence-electron chi connectivity index (χ2n) is 7.70. The van der Waals surface area contributed by atoms with Gasteiger partial charge in [0.1, 0.15) is 11.5 Å². The van der Waals surface area contributed by atoms with Crippen LogP contribution in [0.5, 0.6) is 11.5 Å². The number of ether oxygens (including phenoxy) is 3. The van der Waals surface area contributed by atoms with E-state index in [0.717, 1.165) is 67.1 Å². The Hall–Kier alpha value is -2.50. The van der Waals surface area contributed by atoms with Crippen molar-refractivity contribution in [1.82, 2.24) is 4.90 Å². The van der Waals surface area contributed by atoms with Gasteiger partial charge in [-0.05, 0) is 50.4 Å². The number of rotatable bonds is 5. The van der Waals surface area contributed by atoms with Crippen LogP contribution in [0.2, 0.25) is 0 Å². The molecule has 0 radical (unpaired) electrons. The highest BCUT2D eigenvalue weighted by atomic mass is 35.5. The highest BCUT2D eigenvalue weighted by Gasteiger charge is 2.26. The number of halogens is 1. The monoisotopic (exact) mass is 443 g/mol. The van der Waals surface area contributed by atoms with Crippen molar-refractivity contribution in [3.05, 3.63) is 65.7 Å². The number of fused-ring (bicyclic) bond motifs is 2. The predicted octanol–water partition coefficient (Wildman–Crippen LogP) is 4.93. The molecule has 2 aliphatic rings. The van der Waals surface area contributed by atoms with Gasteiger partial charge in [-0.25, -0.2) is 0 Å². The van der Waals surface area contributed by atoms with E-state index in [0.29, 0.717) is 6.61 Å². The summed E-state index contributed by atoms with van der Waals surface area (Å²) in [6.45, 7) is 5.23. The number of carbonyl (C=O) groups excluding carboxylic acids is 1. The molecule has 0 amide bonds. The number of hydrogen-bond acceptors (Lipinski definition) is 5. The van der Waals surface area contributed by atoms with Gasteiger partial charge in [0, 0.05) is 24.2 Å². The van der Waals surface area contributed by atoms with E-state index >= 15 is 0 Å². The number of para-hydroxylation sites is 2. The molecule has 166 valence electrons. The molecule has 1 atom stereocenters. The molecule has 1 fully saturated rings. The Morgan fingerprint density at radius 3 is 2.39 bits per heavy atom. The van der Waals surface area contributed by atoms with E-state index in [-0.39, 0.29) is 31.1 Å². The van der Waals surface area contributed by atoms with E-state index in [1.54, 1.807) is 0 Å². The van der Waals surface area contributed by atoms with Gasteiger partial charge in [-0.1, -0.05) is 42.5 Å². The zero-order valence-corrected chi connectivity index (χ0v) is 18.7. The van der Waals surface area contributed by atoms with Crippen LogP contribution < -0.4 is 9.47 Å². The molecule has 2 aliphatic heterocycles. The lowest BCUT2D eigenvalue weighted by molar-refractivity contribution is -0.149. The van der Waals surface area contributed by atoms with Crippen molar-refractivity contribution in [3.8, 4) is 11.5 Å². The molecule has 1 saturated heterocycles. The Morgan fingerprint density at radius 1 is 1.10 bits per heavy atom. The molecular formula is C25H30ClNO4. The highest BCUT2D eigenvalue weighted by molar-refractivity contribution is 5.86. The number of nitrogens with zero attached hydrogens (tertiary/aromatic N) is 1. The first-order valence-electron chi connectivity index (χ1n) is 10.8. The fraction of sp³-hybridized carbons (Fsp3) is 0.400. The fourth-order valence-electron chi connectivity index (χ4n) is 4.25. The summed E-state index contributed by atoms with van der Waals surface area (Å²) in [4.78, 5) is 14.5. The van der Waals surface area contributed by atoms with E-state index in [1.165, 1.54) is 0 Å². The normalized spacial score (nSPS) is 18.1. The summed E-state index contributed by atoms with van der Waals surface area (Å²) in [5, 5.41) is 0. The van der Waals surface area contributed by atoms with Crippen LogP contribution in [0.4, 0.5) is 0 Å². The minimum atomic E-state index is -0.0577. The second-order valence-corrected chi connectivity index (χ2v) is 7.70. The number of hydrogen-bond donors (Lipinski definition) is 0. The lowest BCUT2D eigenvalue weighted by atomic mass is 9.94. The number of benzene rings is 2. The molecule has 0 aromatic heterocycles. The molecular weight excluding hydrogens is 414 g/mol. The van der Waals surface area contributed by atoms with Crippen LogP contribution in [0.15, 0.2) is 54.6 Å². The van der Waals surface area contributed by atoms with Gasteiger partial charge < -0.3 is 19.1 Å². The largest absolute Gasteiger partial charge is 0.466 e. The maximum atomic E-state index is 12.1. The molecule has 0 aliphatic carbocycles. The van der Waals surface area contributed by atoms with Crippen molar-refractivity contribution in [3.63, 3.8) is 0 Å². The molecule has 2 aromatic rings. The second kappa shape index (κ2) is 11.2. The molecule has 4 rings (SSSR count). The molecule has 0 saturated carbocycles. The maximum absolute atomic E-state index is 12.1. The number of piperidine rings is 1. The summed E-state index contributed by atoms with van der Waals surface area (Å²) in [5.41, 5.74) is 3.28. The summed E-state index contributed by atoms with van der Waals surface area (Å²) < 4.78 is 16.9. The lowest BCUT2D eigenvalue weighted by Crippen LogP contribution is -2.39. The highest BCUT2D eigenvalue weighted by Crippen LogP contribution is 2.37. The number of likely N-dealkylation sites (tertiary alicyclic amines) is 1. The molecule has 0 bridgehead atoms. The molecule has 2 aromatic carbocycles. The summed E-state index contributed by atoms with van der Waals surface area (Å²) >= 11 is 0. The van der Waals surface area contributed by atoms with Crippen LogP contribution in [0.3, 0.4) is 0 Å². The minimum absolute atomic E-state index is 0.